The van der Waals surface area contributed by atoms with Crippen LogP contribution in [-0.2, 0) is 37.9 Å². The Morgan fingerprint density at radius 3 is 1.62 bits per heavy atom. The van der Waals surface area contributed by atoms with Gasteiger partial charge in [-0.3, -0.25) is 0 Å². The van der Waals surface area contributed by atoms with Crippen LogP contribution in [0.2, 0.25) is 0 Å². The van der Waals surface area contributed by atoms with E-state index in [2.05, 4.69) is 41.5 Å². The average Bonchev–Trinajstić information content (AvgIpc) is 3.69. The molecule has 9 rings (SSSR count). The van der Waals surface area contributed by atoms with E-state index in [1.807, 2.05) is 13.8 Å². The lowest BCUT2D eigenvalue weighted by Gasteiger charge is -2.75. The van der Waals surface area contributed by atoms with Crippen molar-refractivity contribution in [3.63, 3.8) is 0 Å². The van der Waals surface area contributed by atoms with Gasteiger partial charge in [0.05, 0.1) is 49.3 Å². The monoisotopic (exact) mass is 1030 g/mol. The van der Waals surface area contributed by atoms with E-state index in [1.54, 1.807) is 6.92 Å². The molecule has 0 unspecified atom stereocenters. The summed E-state index contributed by atoms with van der Waals surface area (Å²) in [7, 11) is 0. The first kappa shape index (κ1) is 55.9. The second kappa shape index (κ2) is 19.5. The molecule has 416 valence electrons. The van der Waals surface area contributed by atoms with Crippen molar-refractivity contribution in [3.05, 3.63) is 0 Å². The maximum atomic E-state index is 12.8. The summed E-state index contributed by atoms with van der Waals surface area (Å²) in [6, 6.07) is 0. The normalized spacial score (nSPS) is 57.9. The number of ether oxygens (including phenoxy) is 8. The van der Waals surface area contributed by atoms with Crippen LogP contribution in [0, 0.1) is 56.7 Å². The number of hydrogen-bond acceptors (Lipinski definition) is 20. The molecule has 0 amide bonds. The van der Waals surface area contributed by atoms with Crippen LogP contribution in [0.5, 0.6) is 0 Å². The van der Waals surface area contributed by atoms with Crippen molar-refractivity contribution in [2.24, 2.45) is 56.7 Å². The summed E-state index contributed by atoms with van der Waals surface area (Å²) in [6.07, 6.45) is -21.0. The van der Waals surface area contributed by atoms with Crippen LogP contribution in [0.15, 0.2) is 0 Å². The highest BCUT2D eigenvalue weighted by Gasteiger charge is 2.75. The maximum absolute atomic E-state index is 12.8. The zero-order valence-corrected chi connectivity index (χ0v) is 43.7. The fraction of sp³-hybridized carbons (Fsp3) is 1.00. The van der Waals surface area contributed by atoms with Crippen molar-refractivity contribution in [2.45, 2.75) is 255 Å². The molecule has 0 aromatic rings. The van der Waals surface area contributed by atoms with Crippen molar-refractivity contribution in [1.29, 1.82) is 0 Å². The molecule has 0 aromatic heterocycles. The molecule has 0 aromatic carbocycles. The quantitative estimate of drug-likeness (QED) is 0.133. The molecule has 0 bridgehead atoms. The molecule has 72 heavy (non-hydrogen) atoms. The van der Waals surface area contributed by atoms with Gasteiger partial charge in [0, 0.05) is 0 Å². The molecule has 30 atom stereocenters. The molecule has 0 radical (unpaired) electrons. The van der Waals surface area contributed by atoms with Gasteiger partial charge in [0.2, 0.25) is 0 Å². The molecular formula is C52H88O20. The van der Waals surface area contributed by atoms with Crippen molar-refractivity contribution < 1.29 is 99.2 Å². The minimum Gasteiger partial charge on any atom is -0.393 e. The standard InChI is InChI=1S/C52H88O20/c1-21-32(56)36(60)39(63)44(67-21)71-41-35(59)26(55)20-66-46(41)70-30-14-16-50(8)29-12-11-28-49(7)15-13-23(48(5,6)72-45-40(64)37(61)33(57)22(2)68-45)31(49)24(53)17-51(28,9)52(29,10)18-27(42(50)47(30,3)4)69-43-38(62)34(58)25(54)19-65-43/h21-46,53-64H,11-20H2,1-10H3/t21-,22-,23+,24-,25+,26+,27-,28+,29+,30-,31+,32-,33-,34-,35-,36+,37+,38+,39+,40+,41+,42-,43-,44-,45-,46-,49+,50+,51+,52+/m0/s1. The van der Waals surface area contributed by atoms with E-state index in [0.29, 0.717) is 25.7 Å². The molecule has 4 heterocycles. The van der Waals surface area contributed by atoms with Gasteiger partial charge < -0.3 is 99.2 Å². The molecule has 9 fully saturated rings. The van der Waals surface area contributed by atoms with Gasteiger partial charge in [-0.1, -0.05) is 41.5 Å². The molecule has 4 saturated heterocycles. The van der Waals surface area contributed by atoms with Gasteiger partial charge >= 0.3 is 0 Å². The third-order valence-corrected chi connectivity index (χ3v) is 21.4. The highest BCUT2D eigenvalue weighted by Crippen LogP contribution is 2.78. The van der Waals surface area contributed by atoms with Crippen LogP contribution in [0.3, 0.4) is 0 Å². The third kappa shape index (κ3) is 8.71. The molecule has 9 aliphatic rings. The van der Waals surface area contributed by atoms with Gasteiger partial charge in [-0.05, 0) is 136 Å². The Hall–Kier alpha value is -0.800. The van der Waals surface area contributed by atoms with Crippen LogP contribution < -0.4 is 0 Å². The summed E-state index contributed by atoms with van der Waals surface area (Å²) < 4.78 is 50.3. The zero-order valence-electron chi connectivity index (χ0n) is 43.7. The summed E-state index contributed by atoms with van der Waals surface area (Å²) in [5.74, 6) is -0.359. The molecule has 4 aliphatic heterocycles. The van der Waals surface area contributed by atoms with Crippen molar-refractivity contribution in [3.8, 4) is 0 Å². The lowest BCUT2D eigenvalue weighted by molar-refractivity contribution is -0.371. The van der Waals surface area contributed by atoms with E-state index in [0.717, 1.165) is 25.7 Å². The van der Waals surface area contributed by atoms with Crippen molar-refractivity contribution >= 4 is 0 Å². The number of aliphatic hydroxyl groups excluding tert-OH is 12. The molecule has 0 spiro atoms. The summed E-state index contributed by atoms with van der Waals surface area (Å²) in [4.78, 5) is 0. The van der Waals surface area contributed by atoms with Crippen molar-refractivity contribution in [2.75, 3.05) is 13.2 Å². The van der Waals surface area contributed by atoms with Gasteiger partial charge in [-0.15, -0.1) is 0 Å². The predicted octanol–water partition coefficient (Wildman–Crippen LogP) is -0.209. The van der Waals surface area contributed by atoms with Crippen LogP contribution in [0.1, 0.15) is 121 Å². The van der Waals surface area contributed by atoms with Gasteiger partial charge in [0.15, 0.2) is 25.2 Å². The molecule has 5 saturated carbocycles. The zero-order chi connectivity index (χ0) is 52.7. The number of aliphatic hydroxyl groups is 12. The molecule has 12 N–H and O–H groups in total. The first-order chi connectivity index (χ1) is 33.4. The fourth-order valence-corrected chi connectivity index (χ4v) is 17.6. The Morgan fingerprint density at radius 2 is 1.00 bits per heavy atom. The largest absolute Gasteiger partial charge is 0.393 e. The second-order valence-corrected chi connectivity index (χ2v) is 26.0. The molecule has 20 heteroatoms. The minimum absolute atomic E-state index is 0.103. The van der Waals surface area contributed by atoms with Crippen LogP contribution in [-0.4, -0.2) is 209 Å². The summed E-state index contributed by atoms with van der Waals surface area (Å²) in [6.45, 7) is 20.0. The Morgan fingerprint density at radius 1 is 0.486 bits per heavy atom. The van der Waals surface area contributed by atoms with Gasteiger partial charge in [-0.25, -0.2) is 0 Å². The highest BCUT2D eigenvalue weighted by atomic mass is 16.8. The van der Waals surface area contributed by atoms with Crippen LogP contribution in [0.4, 0.5) is 0 Å². The predicted molar refractivity (Wildman–Crippen MR) is 251 cm³/mol. The average molecular weight is 1030 g/mol. The fourth-order valence-electron chi connectivity index (χ4n) is 17.6. The number of rotatable bonds is 9. The van der Waals surface area contributed by atoms with E-state index in [1.165, 1.54) is 6.92 Å². The van der Waals surface area contributed by atoms with Gasteiger partial charge in [0.25, 0.3) is 0 Å². The SMILES string of the molecule is C[C@@H]1O[C@@H](O[C@H]2[C@H](O[C@H]3CC[C@]4(C)[C@H]5CC[C@@H]6[C@@]7(C)CC[C@@H](C(C)(C)O[C@@H]8O[C@@H](C)[C@H](O)[C@@H](O)[C@H]8O)[C@@H]7[C@@H](O)C[C@@]6(C)[C@]5(C)C[C@H](O[C@@H]5OC[C@@H](O)[C@H](O)[C@H]5O)[C@H]4C3(C)C)OC[C@@H](O)[C@@H]2O)[C@H](O)[C@H](O)[C@H]1O. The smallest absolute Gasteiger partial charge is 0.187 e. The van der Waals surface area contributed by atoms with E-state index in [9.17, 15) is 61.3 Å². The lowest BCUT2D eigenvalue weighted by atomic mass is 9.31. The van der Waals surface area contributed by atoms with Crippen LogP contribution in [0.25, 0.3) is 0 Å². The van der Waals surface area contributed by atoms with E-state index < -0.39 is 156 Å². The summed E-state index contributed by atoms with van der Waals surface area (Å²) in [5, 5.41) is 132. The summed E-state index contributed by atoms with van der Waals surface area (Å²) in [5.41, 5.74) is -3.36. The number of fused-ring (bicyclic) bond motifs is 7. The second-order valence-electron chi connectivity index (χ2n) is 26.0. The van der Waals surface area contributed by atoms with E-state index >= 15 is 0 Å². The maximum Gasteiger partial charge on any atom is 0.187 e. The molecule has 5 aliphatic carbocycles. The molecule has 20 nitrogen and oxygen atoms in total. The number of hydrogen-bond donors (Lipinski definition) is 12. The van der Waals surface area contributed by atoms with Crippen molar-refractivity contribution in [1.82, 2.24) is 0 Å². The van der Waals surface area contributed by atoms with Gasteiger partial charge in [0.1, 0.15) is 73.2 Å². The highest BCUT2D eigenvalue weighted by molar-refractivity contribution is 5.23. The Labute approximate surface area is 423 Å². The lowest BCUT2D eigenvalue weighted by Crippen LogP contribution is -2.72. The first-order valence-electron chi connectivity index (χ1n) is 26.8. The first-order valence-corrected chi connectivity index (χ1v) is 26.8. The van der Waals surface area contributed by atoms with E-state index in [-0.39, 0.29) is 48.2 Å². The Bertz CT molecular complexity index is 1910. The van der Waals surface area contributed by atoms with Gasteiger partial charge in [-0.2, -0.15) is 0 Å². The minimum atomic E-state index is -1.69. The van der Waals surface area contributed by atoms with E-state index in [4.69, 9.17) is 37.9 Å². The Balaban J connectivity index is 1.02. The Kier molecular flexibility index (Phi) is 15.2. The summed E-state index contributed by atoms with van der Waals surface area (Å²) >= 11 is 0. The molecular weight excluding hydrogens is 945 g/mol. The topological polar surface area (TPSA) is 317 Å². The third-order valence-electron chi connectivity index (χ3n) is 21.4. The van der Waals surface area contributed by atoms with Crippen LogP contribution >= 0.6 is 0 Å².